The Morgan fingerprint density at radius 2 is 1.93 bits per heavy atom. The molecule has 0 saturated carbocycles. The van der Waals surface area contributed by atoms with Crippen molar-refractivity contribution < 1.29 is 22.7 Å². The molecule has 0 aliphatic carbocycles. The third kappa shape index (κ3) is 4.81. The van der Waals surface area contributed by atoms with Crippen LogP contribution in [0.1, 0.15) is 25.3 Å². The number of carbonyl (C=O) groups is 1. The van der Waals surface area contributed by atoms with Gasteiger partial charge in [0.25, 0.3) is 0 Å². The normalized spacial score (nSPS) is 16.3. The average Bonchev–Trinajstić information content (AvgIpc) is 2.62. The average molecular weight is 442 g/mol. The zero-order chi connectivity index (χ0) is 22.1. The number of alkyl halides is 3. The summed E-state index contributed by atoms with van der Waals surface area (Å²) in [6, 6.07) is 3.93. The number of nitrogens with zero attached hydrogens (tertiary/aromatic N) is 3. The van der Waals surface area contributed by atoms with Crippen LogP contribution in [0.15, 0.2) is 34.3 Å². The van der Waals surface area contributed by atoms with Crippen molar-refractivity contribution in [2.75, 3.05) is 29.5 Å². The molecule has 0 radical (unpaired) electrons. The highest BCUT2D eigenvalue weighted by Gasteiger charge is 2.36. The van der Waals surface area contributed by atoms with Crippen LogP contribution in [0.2, 0.25) is 0 Å². The first-order valence-corrected chi connectivity index (χ1v) is 9.79. The molecule has 1 amide bonds. The molecule has 1 aromatic carbocycles. The molecule has 2 heterocycles. The van der Waals surface area contributed by atoms with Crippen molar-refractivity contribution >= 4 is 35.2 Å². The van der Waals surface area contributed by atoms with E-state index in [4.69, 9.17) is 21.9 Å². The van der Waals surface area contributed by atoms with Gasteiger partial charge in [-0.25, -0.2) is 14.8 Å². The lowest BCUT2D eigenvalue weighted by Crippen LogP contribution is -2.46. The van der Waals surface area contributed by atoms with Gasteiger partial charge in [-0.2, -0.15) is 13.2 Å². The van der Waals surface area contributed by atoms with Gasteiger partial charge in [0.1, 0.15) is 16.4 Å². The molecular formula is C18H21F3N6O2S. The van der Waals surface area contributed by atoms with Crippen LogP contribution >= 0.6 is 11.8 Å². The molecule has 0 unspecified atom stereocenters. The van der Waals surface area contributed by atoms with Gasteiger partial charge >= 0.3 is 12.3 Å². The van der Waals surface area contributed by atoms with Crippen LogP contribution in [-0.4, -0.2) is 34.8 Å². The van der Waals surface area contributed by atoms with Gasteiger partial charge in [-0.05, 0) is 19.1 Å². The largest absolute Gasteiger partial charge is 0.443 e. The number of benzene rings is 1. The Kier molecular flexibility index (Phi) is 5.88. The number of rotatable bonds is 4. The standard InChI is InChI=1S/C18H21F3N6O2S/c1-17(29-16(24)28)5-7-27(8-6-17)12-9-25-15(14(23)26-12)30-11-4-2-3-10(22)13(11)18(19,20)21/h2-4,9H,5-8,22H2,1H3,(H2,23,26)(H2,24,28). The minimum Gasteiger partial charge on any atom is -0.443 e. The van der Waals surface area contributed by atoms with Crippen LogP contribution in [0.25, 0.3) is 0 Å². The molecule has 162 valence electrons. The minimum atomic E-state index is -4.61. The molecule has 12 heteroatoms. The molecule has 1 saturated heterocycles. The molecule has 30 heavy (non-hydrogen) atoms. The lowest BCUT2D eigenvalue weighted by Gasteiger charge is -2.38. The second-order valence-corrected chi connectivity index (χ2v) is 8.13. The predicted octanol–water partition coefficient (Wildman–Crippen LogP) is 3.27. The van der Waals surface area contributed by atoms with E-state index in [1.807, 2.05) is 4.90 Å². The fourth-order valence-electron chi connectivity index (χ4n) is 3.21. The molecule has 0 atom stereocenters. The number of hydrogen-bond acceptors (Lipinski definition) is 8. The third-order valence-corrected chi connectivity index (χ3v) is 5.86. The van der Waals surface area contributed by atoms with E-state index in [1.165, 1.54) is 24.4 Å². The van der Waals surface area contributed by atoms with Crippen LogP contribution in [0.3, 0.4) is 0 Å². The number of halogens is 3. The number of anilines is 3. The second-order valence-electron chi connectivity index (χ2n) is 7.10. The van der Waals surface area contributed by atoms with Crippen molar-refractivity contribution in [1.29, 1.82) is 0 Å². The van der Waals surface area contributed by atoms with Gasteiger partial charge in [-0.15, -0.1) is 0 Å². The molecule has 1 fully saturated rings. The molecule has 8 nitrogen and oxygen atoms in total. The molecular weight excluding hydrogens is 421 g/mol. The van der Waals surface area contributed by atoms with Gasteiger partial charge in [0, 0.05) is 36.5 Å². The molecule has 1 aromatic heterocycles. The number of aromatic nitrogens is 2. The first-order valence-electron chi connectivity index (χ1n) is 8.98. The van der Waals surface area contributed by atoms with Crippen LogP contribution in [0.5, 0.6) is 0 Å². The summed E-state index contributed by atoms with van der Waals surface area (Å²) in [4.78, 5) is 21.3. The SMILES string of the molecule is CC1(OC(N)=O)CCN(c2cnc(Sc3cccc(N)c3C(F)(F)F)c(N)n2)CC1. The first-order chi connectivity index (χ1) is 14.0. The zero-order valence-corrected chi connectivity index (χ0v) is 16.9. The van der Waals surface area contributed by atoms with Gasteiger partial charge in [-0.3, -0.25) is 0 Å². The van der Waals surface area contributed by atoms with E-state index in [9.17, 15) is 18.0 Å². The Bertz CT molecular complexity index is 948. The second kappa shape index (κ2) is 8.09. The van der Waals surface area contributed by atoms with Gasteiger partial charge < -0.3 is 26.8 Å². The highest BCUT2D eigenvalue weighted by molar-refractivity contribution is 7.99. The number of piperidine rings is 1. The van der Waals surface area contributed by atoms with Crippen molar-refractivity contribution in [2.45, 2.75) is 41.5 Å². The van der Waals surface area contributed by atoms with Gasteiger partial charge in [0.05, 0.1) is 11.8 Å². The third-order valence-electron chi connectivity index (χ3n) is 4.79. The number of hydrogen-bond donors (Lipinski definition) is 3. The lowest BCUT2D eigenvalue weighted by atomic mass is 9.93. The fraction of sp³-hybridized carbons (Fsp3) is 0.389. The molecule has 3 rings (SSSR count). The molecule has 0 spiro atoms. The van der Waals surface area contributed by atoms with E-state index in [1.54, 1.807) is 6.92 Å². The summed E-state index contributed by atoms with van der Waals surface area (Å²) in [6.45, 7) is 2.86. The maximum atomic E-state index is 13.4. The van der Waals surface area contributed by atoms with Gasteiger partial charge in [0.15, 0.2) is 5.82 Å². The summed E-state index contributed by atoms with van der Waals surface area (Å²) in [5.74, 6) is 0.497. The van der Waals surface area contributed by atoms with Crippen LogP contribution in [-0.2, 0) is 10.9 Å². The van der Waals surface area contributed by atoms with Crippen LogP contribution in [0, 0.1) is 0 Å². The molecule has 6 N–H and O–H groups in total. The molecule has 1 aliphatic heterocycles. The van der Waals surface area contributed by atoms with Crippen LogP contribution < -0.4 is 22.1 Å². The number of amides is 1. The van der Waals surface area contributed by atoms with Crippen molar-refractivity contribution in [3.05, 3.63) is 30.0 Å². The Hall–Kier alpha value is -2.89. The predicted molar refractivity (Wildman–Crippen MR) is 107 cm³/mol. The van der Waals surface area contributed by atoms with E-state index >= 15 is 0 Å². The number of carbonyl (C=O) groups excluding carboxylic acids is 1. The molecule has 2 aromatic rings. The Labute approximate surface area is 175 Å². The minimum absolute atomic E-state index is 0.00905. The van der Waals surface area contributed by atoms with Crippen molar-refractivity contribution in [1.82, 2.24) is 9.97 Å². The Morgan fingerprint density at radius 1 is 1.27 bits per heavy atom. The van der Waals surface area contributed by atoms with E-state index in [0.717, 1.165) is 11.8 Å². The summed E-state index contributed by atoms with van der Waals surface area (Å²) in [7, 11) is 0. The van der Waals surface area contributed by atoms with E-state index in [-0.39, 0.29) is 21.4 Å². The Balaban J connectivity index is 1.76. The maximum Gasteiger partial charge on any atom is 0.419 e. The number of primary amides is 1. The summed E-state index contributed by atoms with van der Waals surface area (Å²) in [6.07, 6.45) is -2.91. The van der Waals surface area contributed by atoms with Crippen molar-refractivity contribution in [3.8, 4) is 0 Å². The summed E-state index contributed by atoms with van der Waals surface area (Å²) < 4.78 is 45.2. The number of nitrogen functional groups attached to an aromatic ring is 2. The monoisotopic (exact) mass is 442 g/mol. The highest BCUT2D eigenvalue weighted by atomic mass is 32.2. The van der Waals surface area contributed by atoms with E-state index in [2.05, 4.69) is 9.97 Å². The maximum absolute atomic E-state index is 13.4. The summed E-state index contributed by atoms with van der Waals surface area (Å²) >= 11 is 0.755. The quantitative estimate of drug-likeness (QED) is 0.615. The summed E-state index contributed by atoms with van der Waals surface area (Å²) in [5.41, 5.74) is 14.7. The van der Waals surface area contributed by atoms with E-state index in [0.29, 0.717) is 31.7 Å². The van der Waals surface area contributed by atoms with Crippen molar-refractivity contribution in [2.24, 2.45) is 5.73 Å². The zero-order valence-electron chi connectivity index (χ0n) is 16.1. The van der Waals surface area contributed by atoms with Gasteiger partial charge in [0.2, 0.25) is 0 Å². The number of ether oxygens (including phenoxy) is 1. The lowest BCUT2D eigenvalue weighted by molar-refractivity contribution is -0.139. The Morgan fingerprint density at radius 3 is 2.50 bits per heavy atom. The molecule has 0 bridgehead atoms. The van der Waals surface area contributed by atoms with Crippen molar-refractivity contribution in [3.63, 3.8) is 0 Å². The topological polar surface area (TPSA) is 133 Å². The highest BCUT2D eigenvalue weighted by Crippen LogP contribution is 2.43. The summed E-state index contributed by atoms with van der Waals surface area (Å²) in [5, 5.41) is 0.147. The number of nitrogens with two attached hydrogens (primary N) is 3. The first kappa shape index (κ1) is 21.8. The smallest absolute Gasteiger partial charge is 0.419 e. The fourth-order valence-corrected chi connectivity index (χ4v) is 4.15. The van der Waals surface area contributed by atoms with Crippen LogP contribution in [0.4, 0.5) is 35.3 Å². The van der Waals surface area contributed by atoms with Gasteiger partial charge in [-0.1, -0.05) is 17.8 Å². The van der Waals surface area contributed by atoms with E-state index < -0.39 is 23.4 Å². The molecule has 1 aliphatic rings.